The number of ether oxygens (including phenoxy) is 1. The second-order valence-electron chi connectivity index (χ2n) is 4.85. The SMILES string of the molecule is Cc1ccc(Cn2ccnc2OC(=O)/C=C/C(=O)O)cc1C. The summed E-state index contributed by atoms with van der Waals surface area (Å²) >= 11 is 0. The van der Waals surface area contributed by atoms with Crippen LogP contribution in [0.4, 0.5) is 0 Å². The molecule has 1 aromatic carbocycles. The maximum absolute atomic E-state index is 11.5. The van der Waals surface area contributed by atoms with E-state index in [4.69, 9.17) is 9.84 Å². The number of carbonyl (C=O) groups excluding carboxylic acids is 1. The Morgan fingerprint density at radius 1 is 1.27 bits per heavy atom. The van der Waals surface area contributed by atoms with Crippen molar-refractivity contribution in [3.8, 4) is 6.01 Å². The van der Waals surface area contributed by atoms with Crippen molar-refractivity contribution in [2.75, 3.05) is 0 Å². The van der Waals surface area contributed by atoms with Gasteiger partial charge in [-0.1, -0.05) is 18.2 Å². The number of benzene rings is 1. The van der Waals surface area contributed by atoms with Crippen LogP contribution in [0, 0.1) is 13.8 Å². The lowest BCUT2D eigenvalue weighted by Gasteiger charge is -2.08. The largest absolute Gasteiger partial charge is 0.478 e. The summed E-state index contributed by atoms with van der Waals surface area (Å²) in [6.45, 7) is 4.58. The van der Waals surface area contributed by atoms with Crippen molar-refractivity contribution in [3.63, 3.8) is 0 Å². The molecule has 0 spiro atoms. The Balaban J connectivity index is 2.10. The summed E-state index contributed by atoms with van der Waals surface area (Å²) in [5, 5.41) is 8.47. The second kappa shape index (κ2) is 6.71. The fourth-order valence-corrected chi connectivity index (χ4v) is 1.88. The number of hydrogen-bond acceptors (Lipinski definition) is 4. The highest BCUT2D eigenvalue weighted by atomic mass is 16.5. The highest BCUT2D eigenvalue weighted by molar-refractivity contribution is 5.91. The van der Waals surface area contributed by atoms with Gasteiger partial charge >= 0.3 is 17.9 Å². The molecule has 6 heteroatoms. The summed E-state index contributed by atoms with van der Waals surface area (Å²) in [5.74, 6) is -2.00. The molecule has 22 heavy (non-hydrogen) atoms. The van der Waals surface area contributed by atoms with E-state index < -0.39 is 11.9 Å². The summed E-state index contributed by atoms with van der Waals surface area (Å²) in [5.41, 5.74) is 3.44. The maximum Gasteiger partial charge on any atom is 0.338 e. The molecule has 0 aliphatic rings. The average Bonchev–Trinajstić information content (AvgIpc) is 2.88. The monoisotopic (exact) mass is 300 g/mol. The number of aliphatic carboxylic acids is 1. The van der Waals surface area contributed by atoms with E-state index in [0.29, 0.717) is 6.54 Å². The summed E-state index contributed by atoms with van der Waals surface area (Å²) in [7, 11) is 0. The van der Waals surface area contributed by atoms with Crippen LogP contribution in [0.5, 0.6) is 6.01 Å². The Kier molecular flexibility index (Phi) is 4.73. The number of esters is 1. The minimum absolute atomic E-state index is 0.123. The number of carboxylic acids is 1. The number of aromatic nitrogens is 2. The Morgan fingerprint density at radius 2 is 2.05 bits per heavy atom. The van der Waals surface area contributed by atoms with Crippen molar-refractivity contribution >= 4 is 11.9 Å². The zero-order chi connectivity index (χ0) is 16.1. The zero-order valence-electron chi connectivity index (χ0n) is 12.3. The molecular weight excluding hydrogens is 284 g/mol. The van der Waals surface area contributed by atoms with E-state index in [9.17, 15) is 9.59 Å². The molecule has 0 amide bonds. The number of rotatable bonds is 5. The topological polar surface area (TPSA) is 81.4 Å². The van der Waals surface area contributed by atoms with Crippen LogP contribution in [-0.2, 0) is 16.1 Å². The van der Waals surface area contributed by atoms with Gasteiger partial charge in [0.05, 0.1) is 6.54 Å². The van der Waals surface area contributed by atoms with Gasteiger partial charge in [-0.2, -0.15) is 0 Å². The van der Waals surface area contributed by atoms with Gasteiger partial charge in [0, 0.05) is 24.5 Å². The van der Waals surface area contributed by atoms with Crippen LogP contribution in [0.3, 0.4) is 0 Å². The first kappa shape index (κ1) is 15.5. The predicted molar refractivity (Wildman–Crippen MR) is 79.7 cm³/mol. The van der Waals surface area contributed by atoms with Gasteiger partial charge in [0.25, 0.3) is 0 Å². The van der Waals surface area contributed by atoms with Gasteiger partial charge in [-0.05, 0) is 30.5 Å². The lowest BCUT2D eigenvalue weighted by molar-refractivity contribution is -0.133. The fraction of sp³-hybridized carbons (Fsp3) is 0.188. The summed E-state index contributed by atoms with van der Waals surface area (Å²) < 4.78 is 6.70. The highest BCUT2D eigenvalue weighted by Gasteiger charge is 2.09. The summed E-state index contributed by atoms with van der Waals surface area (Å²) in [4.78, 5) is 25.8. The molecule has 114 valence electrons. The number of carboxylic acid groups (broad SMARTS) is 1. The van der Waals surface area contributed by atoms with Gasteiger partial charge in [-0.15, -0.1) is 0 Å². The summed E-state index contributed by atoms with van der Waals surface area (Å²) in [6.07, 6.45) is 4.78. The molecule has 0 radical (unpaired) electrons. The molecular formula is C16H16N2O4. The van der Waals surface area contributed by atoms with Crippen LogP contribution >= 0.6 is 0 Å². The number of nitrogens with zero attached hydrogens (tertiary/aromatic N) is 2. The van der Waals surface area contributed by atoms with E-state index in [1.807, 2.05) is 26.0 Å². The van der Waals surface area contributed by atoms with E-state index in [1.54, 1.807) is 10.8 Å². The van der Waals surface area contributed by atoms with Crippen molar-refractivity contribution in [2.45, 2.75) is 20.4 Å². The molecule has 0 aliphatic heterocycles. The molecule has 1 aromatic heterocycles. The molecule has 0 fully saturated rings. The average molecular weight is 300 g/mol. The minimum atomic E-state index is -1.21. The zero-order valence-corrected chi connectivity index (χ0v) is 12.3. The number of imidazole rings is 1. The van der Waals surface area contributed by atoms with Gasteiger partial charge < -0.3 is 9.84 Å². The van der Waals surface area contributed by atoms with Crippen LogP contribution in [0.1, 0.15) is 16.7 Å². The number of carbonyl (C=O) groups is 2. The second-order valence-corrected chi connectivity index (χ2v) is 4.85. The summed E-state index contributed by atoms with van der Waals surface area (Å²) in [6, 6.07) is 6.21. The Morgan fingerprint density at radius 3 is 2.73 bits per heavy atom. The van der Waals surface area contributed by atoms with Crippen LogP contribution in [0.2, 0.25) is 0 Å². The van der Waals surface area contributed by atoms with Crippen LogP contribution in [-0.4, -0.2) is 26.6 Å². The maximum atomic E-state index is 11.5. The van der Waals surface area contributed by atoms with Gasteiger partial charge in [-0.3, -0.25) is 4.57 Å². The third-order valence-electron chi connectivity index (χ3n) is 3.16. The standard InChI is InChI=1S/C16H16N2O4/c1-11-3-4-13(9-12(11)2)10-18-8-7-17-16(18)22-15(21)6-5-14(19)20/h3-9H,10H2,1-2H3,(H,19,20)/b6-5+. The van der Waals surface area contributed by atoms with Gasteiger partial charge in [0.15, 0.2) is 0 Å². The van der Waals surface area contributed by atoms with Crippen LogP contribution < -0.4 is 4.74 Å². The molecule has 1 N–H and O–H groups in total. The Bertz CT molecular complexity index is 731. The first-order chi connectivity index (χ1) is 10.5. The van der Waals surface area contributed by atoms with Crippen LogP contribution in [0.15, 0.2) is 42.7 Å². The Labute approximate surface area is 127 Å². The van der Waals surface area contributed by atoms with Gasteiger partial charge in [0.2, 0.25) is 0 Å². The molecule has 0 unspecified atom stereocenters. The predicted octanol–water partition coefficient (Wildman–Crippen LogP) is 2.09. The molecule has 0 saturated carbocycles. The highest BCUT2D eigenvalue weighted by Crippen LogP contribution is 2.15. The molecule has 0 bridgehead atoms. The molecule has 6 nitrogen and oxygen atoms in total. The normalized spacial score (nSPS) is 10.8. The molecule has 2 aromatic rings. The van der Waals surface area contributed by atoms with Gasteiger partial charge in [-0.25, -0.2) is 14.6 Å². The quantitative estimate of drug-likeness (QED) is 0.675. The smallest absolute Gasteiger partial charge is 0.338 e. The van der Waals surface area contributed by atoms with E-state index >= 15 is 0 Å². The molecule has 0 aliphatic carbocycles. The molecule has 1 heterocycles. The third kappa shape index (κ3) is 4.05. The fourth-order valence-electron chi connectivity index (χ4n) is 1.88. The van der Waals surface area contributed by atoms with E-state index in [2.05, 4.69) is 11.1 Å². The number of aryl methyl sites for hydroxylation is 2. The lowest BCUT2D eigenvalue weighted by atomic mass is 10.1. The lowest BCUT2D eigenvalue weighted by Crippen LogP contribution is -2.10. The molecule has 0 saturated heterocycles. The molecule has 2 rings (SSSR count). The van der Waals surface area contributed by atoms with Crippen molar-refractivity contribution in [1.29, 1.82) is 0 Å². The van der Waals surface area contributed by atoms with E-state index in [1.165, 1.54) is 17.3 Å². The van der Waals surface area contributed by atoms with Gasteiger partial charge in [0.1, 0.15) is 0 Å². The van der Waals surface area contributed by atoms with Crippen LogP contribution in [0.25, 0.3) is 0 Å². The van der Waals surface area contributed by atoms with E-state index in [-0.39, 0.29) is 6.01 Å². The molecule has 0 atom stereocenters. The van der Waals surface area contributed by atoms with Crippen molar-refractivity contribution in [3.05, 3.63) is 59.4 Å². The van der Waals surface area contributed by atoms with Crippen molar-refractivity contribution < 1.29 is 19.4 Å². The third-order valence-corrected chi connectivity index (χ3v) is 3.16. The van der Waals surface area contributed by atoms with Crippen molar-refractivity contribution in [2.24, 2.45) is 0 Å². The first-order valence-electron chi connectivity index (χ1n) is 6.66. The first-order valence-corrected chi connectivity index (χ1v) is 6.66. The minimum Gasteiger partial charge on any atom is -0.478 e. The number of hydrogen-bond donors (Lipinski definition) is 1. The van der Waals surface area contributed by atoms with E-state index in [0.717, 1.165) is 17.7 Å². The Hall–Kier alpha value is -2.89. The van der Waals surface area contributed by atoms with Crippen molar-refractivity contribution in [1.82, 2.24) is 9.55 Å².